The van der Waals surface area contributed by atoms with E-state index in [0.717, 1.165) is 17.1 Å². The Labute approximate surface area is 112 Å². The maximum absolute atomic E-state index is 5.72. The van der Waals surface area contributed by atoms with Crippen molar-refractivity contribution in [2.45, 2.75) is 44.2 Å². The first-order valence-electron chi connectivity index (χ1n) is 7.07. The largest absolute Gasteiger partial charge is 0.489 e. The summed E-state index contributed by atoms with van der Waals surface area (Å²) >= 11 is 0. The Morgan fingerprint density at radius 3 is 2.63 bits per heavy atom. The zero-order chi connectivity index (χ0) is 12.7. The van der Waals surface area contributed by atoms with Crippen LogP contribution in [0.2, 0.25) is 0 Å². The molecule has 2 heterocycles. The normalized spacial score (nSPS) is 19.2. The molecule has 2 aromatic rings. The molecule has 0 spiro atoms. The van der Waals surface area contributed by atoms with Crippen molar-refractivity contribution >= 4 is 0 Å². The van der Waals surface area contributed by atoms with Crippen LogP contribution >= 0.6 is 0 Å². The first kappa shape index (κ1) is 11.0. The van der Waals surface area contributed by atoms with Gasteiger partial charge in [0.1, 0.15) is 5.75 Å². The zero-order valence-electron chi connectivity index (χ0n) is 10.8. The van der Waals surface area contributed by atoms with Gasteiger partial charge in [0.25, 0.3) is 0 Å². The van der Waals surface area contributed by atoms with E-state index in [1.54, 1.807) is 0 Å². The summed E-state index contributed by atoms with van der Waals surface area (Å²) in [5, 5.41) is 4.44. The molecule has 0 radical (unpaired) electrons. The third-order valence-corrected chi connectivity index (χ3v) is 3.92. The minimum absolute atomic E-state index is 0.424. The number of hydrogen-bond acceptors (Lipinski definition) is 3. The number of ether oxygens (including phenoxy) is 1. The summed E-state index contributed by atoms with van der Waals surface area (Å²) in [5.41, 5.74) is 2.09. The van der Waals surface area contributed by atoms with Gasteiger partial charge in [-0.1, -0.05) is 0 Å². The highest BCUT2D eigenvalue weighted by molar-refractivity contribution is 5.55. The van der Waals surface area contributed by atoms with Gasteiger partial charge in [-0.2, -0.15) is 5.10 Å². The summed E-state index contributed by atoms with van der Waals surface area (Å²) in [6.45, 7) is 0. The van der Waals surface area contributed by atoms with Gasteiger partial charge in [-0.15, -0.1) is 0 Å². The molecule has 4 rings (SSSR count). The molecule has 0 atom stereocenters. The van der Waals surface area contributed by atoms with Gasteiger partial charge in [-0.05, 0) is 50.3 Å². The zero-order valence-corrected chi connectivity index (χ0v) is 10.8. The van der Waals surface area contributed by atoms with Crippen LogP contribution in [-0.4, -0.2) is 20.9 Å². The van der Waals surface area contributed by atoms with E-state index in [9.17, 15) is 0 Å². The fourth-order valence-corrected chi connectivity index (χ4v) is 2.42. The first-order valence-corrected chi connectivity index (χ1v) is 7.07. The maximum atomic E-state index is 5.72. The van der Waals surface area contributed by atoms with Crippen molar-refractivity contribution in [3.8, 4) is 17.1 Å². The lowest BCUT2D eigenvalue weighted by Gasteiger charge is -2.27. The topological polar surface area (TPSA) is 39.9 Å². The molecule has 98 valence electrons. The molecule has 19 heavy (non-hydrogen) atoms. The molecule has 0 aliphatic heterocycles. The van der Waals surface area contributed by atoms with Gasteiger partial charge in [0.15, 0.2) is 0 Å². The average molecular weight is 255 g/mol. The van der Waals surface area contributed by atoms with Gasteiger partial charge in [-0.3, -0.25) is 9.67 Å². The van der Waals surface area contributed by atoms with Gasteiger partial charge in [-0.25, -0.2) is 0 Å². The highest BCUT2D eigenvalue weighted by Crippen LogP contribution is 2.34. The molecule has 0 bridgehead atoms. The Morgan fingerprint density at radius 2 is 2.00 bits per heavy atom. The highest BCUT2D eigenvalue weighted by atomic mass is 16.5. The minimum Gasteiger partial charge on any atom is -0.489 e. The second-order valence-electron chi connectivity index (χ2n) is 5.44. The van der Waals surface area contributed by atoms with Crippen LogP contribution in [0.25, 0.3) is 11.4 Å². The summed E-state index contributed by atoms with van der Waals surface area (Å²) < 4.78 is 7.84. The van der Waals surface area contributed by atoms with E-state index in [2.05, 4.69) is 14.8 Å². The fraction of sp³-hybridized carbons (Fsp3) is 0.467. The van der Waals surface area contributed by atoms with Gasteiger partial charge in [0.05, 0.1) is 29.7 Å². The SMILES string of the molecule is c1cc(-c2ccc(OC3CC3)cn2)n(C2CCC2)n1. The molecular weight excluding hydrogens is 238 g/mol. The number of rotatable bonds is 4. The molecule has 2 aliphatic rings. The molecule has 0 unspecified atom stereocenters. The molecule has 4 nitrogen and oxygen atoms in total. The van der Waals surface area contributed by atoms with Crippen molar-refractivity contribution in [2.75, 3.05) is 0 Å². The van der Waals surface area contributed by atoms with Crippen LogP contribution in [0.1, 0.15) is 38.1 Å². The van der Waals surface area contributed by atoms with Gasteiger partial charge in [0, 0.05) is 6.20 Å². The van der Waals surface area contributed by atoms with Crippen LogP contribution in [0, 0.1) is 0 Å². The lowest BCUT2D eigenvalue weighted by atomic mass is 9.93. The number of pyridine rings is 1. The van der Waals surface area contributed by atoms with Crippen LogP contribution in [0.3, 0.4) is 0 Å². The van der Waals surface area contributed by atoms with E-state index in [4.69, 9.17) is 4.74 Å². The average Bonchev–Trinajstić information content (AvgIpc) is 3.05. The standard InChI is InChI=1S/C15H17N3O/c1-2-11(3-1)18-15(8-9-17-18)14-7-6-13(10-16-14)19-12-4-5-12/h6-12H,1-5H2. The third-order valence-electron chi connectivity index (χ3n) is 3.92. The van der Waals surface area contributed by atoms with Crippen molar-refractivity contribution in [1.29, 1.82) is 0 Å². The van der Waals surface area contributed by atoms with Gasteiger partial charge < -0.3 is 4.74 Å². The molecule has 0 N–H and O–H groups in total. The van der Waals surface area contributed by atoms with Crippen LogP contribution in [-0.2, 0) is 0 Å². The van der Waals surface area contributed by atoms with Crippen molar-refractivity contribution < 1.29 is 4.74 Å². The fourth-order valence-electron chi connectivity index (χ4n) is 2.42. The van der Waals surface area contributed by atoms with Crippen molar-refractivity contribution in [3.63, 3.8) is 0 Å². The van der Waals surface area contributed by atoms with Crippen molar-refractivity contribution in [2.24, 2.45) is 0 Å². The van der Waals surface area contributed by atoms with E-state index in [1.807, 2.05) is 30.6 Å². The van der Waals surface area contributed by atoms with Crippen LogP contribution in [0.15, 0.2) is 30.6 Å². The molecule has 4 heteroatoms. The summed E-state index contributed by atoms with van der Waals surface area (Å²) in [6, 6.07) is 6.65. The molecule has 2 fully saturated rings. The van der Waals surface area contributed by atoms with Gasteiger partial charge >= 0.3 is 0 Å². The Balaban J connectivity index is 1.58. The Bertz CT molecular complexity index is 567. The summed E-state index contributed by atoms with van der Waals surface area (Å²) in [6.07, 6.45) is 10.2. The summed E-state index contributed by atoms with van der Waals surface area (Å²) in [5.74, 6) is 0.876. The lowest BCUT2D eigenvalue weighted by molar-refractivity contribution is 0.292. The first-order chi connectivity index (χ1) is 9.40. The highest BCUT2D eigenvalue weighted by Gasteiger charge is 2.24. The summed E-state index contributed by atoms with van der Waals surface area (Å²) in [7, 11) is 0. The molecule has 0 saturated heterocycles. The van der Waals surface area contributed by atoms with Crippen LogP contribution in [0.4, 0.5) is 0 Å². The van der Waals surface area contributed by atoms with E-state index in [1.165, 1.54) is 32.1 Å². The second kappa shape index (κ2) is 4.37. The third kappa shape index (κ3) is 2.11. The smallest absolute Gasteiger partial charge is 0.138 e. The molecule has 0 aromatic carbocycles. The minimum atomic E-state index is 0.424. The number of nitrogens with zero attached hydrogens (tertiary/aromatic N) is 3. The number of hydrogen-bond donors (Lipinski definition) is 0. The molecule has 2 aliphatic carbocycles. The Kier molecular flexibility index (Phi) is 2.53. The van der Waals surface area contributed by atoms with E-state index < -0.39 is 0 Å². The number of aromatic nitrogens is 3. The van der Waals surface area contributed by atoms with Crippen molar-refractivity contribution in [3.05, 3.63) is 30.6 Å². The molecule has 0 amide bonds. The molecule has 2 saturated carbocycles. The van der Waals surface area contributed by atoms with Crippen molar-refractivity contribution in [1.82, 2.24) is 14.8 Å². The molecule has 2 aromatic heterocycles. The van der Waals surface area contributed by atoms with E-state index in [-0.39, 0.29) is 0 Å². The van der Waals surface area contributed by atoms with E-state index in [0.29, 0.717) is 12.1 Å². The maximum Gasteiger partial charge on any atom is 0.138 e. The summed E-state index contributed by atoms with van der Waals surface area (Å²) in [4.78, 5) is 4.52. The van der Waals surface area contributed by atoms with E-state index >= 15 is 0 Å². The predicted molar refractivity (Wildman–Crippen MR) is 72.0 cm³/mol. The second-order valence-corrected chi connectivity index (χ2v) is 5.44. The Hall–Kier alpha value is -1.84. The quantitative estimate of drug-likeness (QED) is 0.842. The monoisotopic (exact) mass is 255 g/mol. The van der Waals surface area contributed by atoms with Crippen LogP contribution < -0.4 is 4.74 Å². The van der Waals surface area contributed by atoms with Gasteiger partial charge in [0.2, 0.25) is 0 Å². The molecular formula is C15H17N3O. The Morgan fingerprint density at radius 1 is 1.11 bits per heavy atom. The lowest BCUT2D eigenvalue weighted by Crippen LogP contribution is -2.19. The predicted octanol–water partition coefficient (Wildman–Crippen LogP) is 3.21. The van der Waals surface area contributed by atoms with Crippen LogP contribution in [0.5, 0.6) is 5.75 Å².